The number of nitro groups is 1. The number of para-hydroxylation sites is 1. The Labute approximate surface area is 201 Å². The molecule has 3 aromatic carbocycles. The molecule has 1 fully saturated rings. The zero-order valence-electron chi connectivity index (χ0n) is 17.6. The summed E-state index contributed by atoms with van der Waals surface area (Å²) in [6.07, 6.45) is 0. The van der Waals surface area contributed by atoms with Gasteiger partial charge in [0.25, 0.3) is 11.6 Å². The monoisotopic (exact) mass is 480 g/mol. The summed E-state index contributed by atoms with van der Waals surface area (Å²) in [5.41, 5.74) is 3.02. The SMILES string of the molecule is O=C(NC(=S)N1CCN(c2c(Cl)cccc2[N+](=O)[O-])CC1)c1ccc(-c2ccccc2)cc1. The maximum absolute atomic E-state index is 12.7. The number of halogens is 1. The molecule has 1 aliphatic heterocycles. The van der Waals surface area contributed by atoms with Crippen LogP contribution in [0, 0.1) is 10.1 Å². The smallest absolute Gasteiger partial charge is 0.294 e. The first-order valence-corrected chi connectivity index (χ1v) is 11.2. The summed E-state index contributed by atoms with van der Waals surface area (Å²) in [5.74, 6) is -0.274. The van der Waals surface area contributed by atoms with Gasteiger partial charge in [0.1, 0.15) is 5.69 Å². The predicted octanol–water partition coefficient (Wildman–Crippen LogP) is 4.75. The number of rotatable bonds is 4. The quantitative estimate of drug-likeness (QED) is 0.330. The molecule has 7 nitrogen and oxygen atoms in total. The number of hydrogen-bond donors (Lipinski definition) is 1. The van der Waals surface area contributed by atoms with E-state index in [1.807, 2.05) is 52.3 Å². The fourth-order valence-corrected chi connectivity index (χ4v) is 4.35. The lowest BCUT2D eigenvalue weighted by Crippen LogP contribution is -2.52. The van der Waals surface area contributed by atoms with Crippen LogP contribution in [-0.4, -0.2) is 47.0 Å². The summed E-state index contributed by atoms with van der Waals surface area (Å²) in [4.78, 5) is 27.4. The molecule has 4 rings (SSSR count). The van der Waals surface area contributed by atoms with E-state index in [0.29, 0.717) is 47.6 Å². The highest BCUT2D eigenvalue weighted by atomic mass is 35.5. The minimum absolute atomic E-state index is 0.0224. The minimum atomic E-state index is -0.429. The number of amides is 1. The van der Waals surface area contributed by atoms with Crippen molar-refractivity contribution in [1.29, 1.82) is 0 Å². The van der Waals surface area contributed by atoms with Crippen LogP contribution in [0.4, 0.5) is 11.4 Å². The summed E-state index contributed by atoms with van der Waals surface area (Å²) >= 11 is 11.7. The average molecular weight is 481 g/mol. The first-order chi connectivity index (χ1) is 15.9. The number of nitrogens with zero attached hydrogens (tertiary/aromatic N) is 3. The molecule has 1 heterocycles. The first kappa shape index (κ1) is 22.7. The van der Waals surface area contributed by atoms with Crippen molar-refractivity contribution < 1.29 is 9.72 Å². The molecule has 9 heteroatoms. The number of thiocarbonyl (C=S) groups is 1. The Morgan fingerprint density at radius 1 is 0.909 bits per heavy atom. The summed E-state index contributed by atoms with van der Waals surface area (Å²) in [6, 6.07) is 21.9. The van der Waals surface area contributed by atoms with E-state index < -0.39 is 4.92 Å². The molecule has 1 N–H and O–H groups in total. The second kappa shape index (κ2) is 9.97. The molecular formula is C24H21ClN4O3S. The van der Waals surface area contributed by atoms with E-state index in [0.717, 1.165) is 11.1 Å². The summed E-state index contributed by atoms with van der Waals surface area (Å²) in [7, 11) is 0. The number of anilines is 1. The number of carbonyl (C=O) groups excluding carboxylic acids is 1. The fourth-order valence-electron chi connectivity index (χ4n) is 3.79. The van der Waals surface area contributed by atoms with E-state index in [1.54, 1.807) is 24.3 Å². The lowest BCUT2D eigenvalue weighted by Gasteiger charge is -2.37. The molecule has 0 saturated carbocycles. The highest BCUT2D eigenvalue weighted by Crippen LogP contribution is 2.35. The van der Waals surface area contributed by atoms with Crippen LogP contribution in [0.3, 0.4) is 0 Å². The van der Waals surface area contributed by atoms with Crippen molar-refractivity contribution in [3.63, 3.8) is 0 Å². The van der Waals surface area contributed by atoms with E-state index in [-0.39, 0.29) is 11.6 Å². The van der Waals surface area contributed by atoms with Crippen molar-refractivity contribution in [2.45, 2.75) is 0 Å². The molecule has 0 atom stereocenters. The van der Waals surface area contributed by atoms with Gasteiger partial charge in [-0.2, -0.15) is 0 Å². The van der Waals surface area contributed by atoms with Crippen molar-refractivity contribution in [1.82, 2.24) is 10.2 Å². The van der Waals surface area contributed by atoms with Gasteiger partial charge in [0.15, 0.2) is 5.11 Å². The van der Waals surface area contributed by atoms with Crippen LogP contribution in [-0.2, 0) is 0 Å². The Balaban J connectivity index is 1.36. The maximum Gasteiger partial charge on any atom is 0.294 e. The van der Waals surface area contributed by atoms with Gasteiger partial charge < -0.3 is 9.80 Å². The second-order valence-corrected chi connectivity index (χ2v) is 8.34. The molecule has 168 valence electrons. The third-order valence-corrected chi connectivity index (χ3v) is 6.19. The number of piperazine rings is 1. The fraction of sp³-hybridized carbons (Fsp3) is 0.167. The average Bonchev–Trinajstić information content (AvgIpc) is 2.84. The van der Waals surface area contributed by atoms with Crippen LogP contribution in [0.2, 0.25) is 5.02 Å². The highest BCUT2D eigenvalue weighted by molar-refractivity contribution is 7.80. The second-order valence-electron chi connectivity index (χ2n) is 7.54. The molecule has 0 spiro atoms. The van der Waals surface area contributed by atoms with Crippen LogP contribution in [0.25, 0.3) is 11.1 Å². The van der Waals surface area contributed by atoms with E-state index in [1.165, 1.54) is 6.07 Å². The van der Waals surface area contributed by atoms with Crippen LogP contribution >= 0.6 is 23.8 Å². The zero-order chi connectivity index (χ0) is 23.4. The maximum atomic E-state index is 12.7. The first-order valence-electron chi connectivity index (χ1n) is 10.4. The van der Waals surface area contributed by atoms with E-state index >= 15 is 0 Å². The van der Waals surface area contributed by atoms with E-state index in [2.05, 4.69) is 5.32 Å². The zero-order valence-corrected chi connectivity index (χ0v) is 19.2. The number of nitro benzene ring substituents is 1. The lowest BCUT2D eigenvalue weighted by molar-refractivity contribution is -0.384. The lowest BCUT2D eigenvalue weighted by atomic mass is 10.0. The molecular weight excluding hydrogens is 460 g/mol. The third-order valence-electron chi connectivity index (χ3n) is 5.52. The van der Waals surface area contributed by atoms with E-state index in [9.17, 15) is 14.9 Å². The molecule has 1 saturated heterocycles. The molecule has 1 amide bonds. The number of hydrogen-bond acceptors (Lipinski definition) is 5. The Morgan fingerprint density at radius 3 is 2.18 bits per heavy atom. The molecule has 0 aromatic heterocycles. The van der Waals surface area contributed by atoms with Gasteiger partial charge in [0.2, 0.25) is 0 Å². The van der Waals surface area contributed by atoms with Crippen LogP contribution < -0.4 is 10.2 Å². The predicted molar refractivity (Wildman–Crippen MR) is 134 cm³/mol. The van der Waals surface area contributed by atoms with Gasteiger partial charge in [0, 0.05) is 37.8 Å². The minimum Gasteiger partial charge on any atom is -0.361 e. The molecule has 0 unspecified atom stereocenters. The van der Waals surface area contributed by atoms with Gasteiger partial charge in [-0.1, -0.05) is 60.1 Å². The highest BCUT2D eigenvalue weighted by Gasteiger charge is 2.27. The van der Waals surface area contributed by atoms with Gasteiger partial charge >= 0.3 is 0 Å². The van der Waals surface area contributed by atoms with E-state index in [4.69, 9.17) is 23.8 Å². The summed E-state index contributed by atoms with van der Waals surface area (Å²) in [6.45, 7) is 2.00. The standard InChI is InChI=1S/C24H21ClN4O3S/c25-20-7-4-8-21(29(31)32)22(20)27-13-15-28(16-14-27)24(33)26-23(30)19-11-9-18(10-12-19)17-5-2-1-3-6-17/h1-12H,13-16H2,(H,26,30,33). The number of nitrogens with one attached hydrogen (secondary N) is 1. The summed E-state index contributed by atoms with van der Waals surface area (Å²) < 4.78 is 0. The van der Waals surface area contributed by atoms with Crippen LogP contribution in [0.15, 0.2) is 72.8 Å². The van der Waals surface area contributed by atoms with Crippen molar-refractivity contribution in [3.8, 4) is 11.1 Å². The Bertz CT molecular complexity index is 1180. The number of benzene rings is 3. The molecule has 1 aliphatic rings. The van der Waals surface area contributed by atoms with Gasteiger partial charge in [-0.15, -0.1) is 0 Å². The largest absolute Gasteiger partial charge is 0.361 e. The molecule has 0 radical (unpaired) electrons. The van der Waals surface area contributed by atoms with Gasteiger partial charge in [-0.05, 0) is 41.5 Å². The van der Waals surface area contributed by atoms with Crippen molar-refractivity contribution in [2.24, 2.45) is 0 Å². The summed E-state index contributed by atoms with van der Waals surface area (Å²) in [5, 5.41) is 14.8. The molecule has 3 aromatic rings. The Kier molecular flexibility index (Phi) is 6.86. The third kappa shape index (κ3) is 5.13. The van der Waals surface area contributed by atoms with Crippen molar-refractivity contribution in [3.05, 3.63) is 93.5 Å². The molecule has 0 aliphatic carbocycles. The Morgan fingerprint density at radius 2 is 1.55 bits per heavy atom. The number of carbonyl (C=O) groups is 1. The Hall–Kier alpha value is -3.49. The van der Waals surface area contributed by atoms with Crippen molar-refractivity contribution in [2.75, 3.05) is 31.1 Å². The molecule has 33 heavy (non-hydrogen) atoms. The normalized spacial score (nSPS) is 13.5. The van der Waals surface area contributed by atoms with Gasteiger partial charge in [-0.25, -0.2) is 0 Å². The van der Waals surface area contributed by atoms with Gasteiger partial charge in [0.05, 0.1) is 9.95 Å². The topological polar surface area (TPSA) is 78.7 Å². The van der Waals surface area contributed by atoms with Crippen LogP contribution in [0.1, 0.15) is 10.4 Å². The molecule has 0 bridgehead atoms. The van der Waals surface area contributed by atoms with Crippen molar-refractivity contribution >= 4 is 46.2 Å². The van der Waals surface area contributed by atoms with Gasteiger partial charge in [-0.3, -0.25) is 20.2 Å². The van der Waals surface area contributed by atoms with Crippen LogP contribution in [0.5, 0.6) is 0 Å².